The van der Waals surface area contributed by atoms with E-state index in [-0.39, 0.29) is 0 Å². The first kappa shape index (κ1) is 18.7. The lowest BCUT2D eigenvalue weighted by molar-refractivity contribution is 0.0992. The number of carbonyl (C=O) groups is 2. The smallest absolute Gasteiger partial charge is 0.249 e. The Balaban J connectivity index is 1.75. The van der Waals surface area contributed by atoms with Gasteiger partial charge in [0.15, 0.2) is 0 Å². The Morgan fingerprint density at radius 3 is 2.42 bits per heavy atom. The van der Waals surface area contributed by atoms with Crippen LogP contribution >= 0.6 is 0 Å². The van der Waals surface area contributed by atoms with Crippen molar-refractivity contribution >= 4 is 33.6 Å². The summed E-state index contributed by atoms with van der Waals surface area (Å²) in [6, 6.07) is 23.6. The molecule has 1 radical (unpaired) electrons. The van der Waals surface area contributed by atoms with E-state index in [1.54, 1.807) is 24.5 Å². The molecule has 31 heavy (non-hydrogen) atoms. The van der Waals surface area contributed by atoms with Crippen LogP contribution in [0.4, 0.5) is 0 Å². The molecule has 0 bridgehead atoms. The van der Waals surface area contributed by atoms with Crippen LogP contribution in [-0.2, 0) is 6.54 Å². The molecule has 2 aromatic heterocycles. The lowest BCUT2D eigenvalue weighted by Crippen LogP contribution is -2.11. The van der Waals surface area contributed by atoms with E-state index in [9.17, 15) is 9.59 Å². The maximum Gasteiger partial charge on any atom is 0.249 e. The van der Waals surface area contributed by atoms with Gasteiger partial charge in [-0.1, -0.05) is 18.2 Å². The molecule has 0 aliphatic carbocycles. The summed E-state index contributed by atoms with van der Waals surface area (Å²) in [5, 5.41) is 1.58. The van der Waals surface area contributed by atoms with E-state index >= 15 is 0 Å². The zero-order chi connectivity index (χ0) is 21.5. The van der Waals surface area contributed by atoms with Gasteiger partial charge in [0.2, 0.25) is 11.8 Å². The molecule has 0 atom stereocenters. The number of hydrogen-bond acceptors (Lipinski definition) is 3. The summed E-state index contributed by atoms with van der Waals surface area (Å²) >= 11 is 0. The number of hydrogen-bond donors (Lipinski definition) is 2. The second-order valence-electron chi connectivity index (χ2n) is 7.34. The molecule has 6 nitrogen and oxygen atoms in total. The van der Waals surface area contributed by atoms with E-state index in [0.717, 1.165) is 38.7 Å². The van der Waals surface area contributed by atoms with Crippen molar-refractivity contribution in [3.63, 3.8) is 0 Å². The molecular formula is C25H18N3O3. The Hall–Kier alpha value is -4.32. The summed E-state index contributed by atoms with van der Waals surface area (Å²) in [7, 11) is 0. The average Bonchev–Trinajstić information content (AvgIpc) is 3.41. The van der Waals surface area contributed by atoms with E-state index in [4.69, 9.17) is 15.9 Å². The number of nitrogens with zero attached hydrogens (tertiary/aromatic N) is 1. The molecule has 0 saturated heterocycles. The van der Waals surface area contributed by atoms with Crippen LogP contribution in [0.5, 0.6) is 0 Å². The Kier molecular flexibility index (Phi) is 4.33. The zero-order valence-corrected chi connectivity index (χ0v) is 16.5. The molecule has 0 aliphatic heterocycles. The van der Waals surface area contributed by atoms with Crippen LogP contribution in [0.1, 0.15) is 26.3 Å². The van der Waals surface area contributed by atoms with E-state index < -0.39 is 11.8 Å². The Morgan fingerprint density at radius 1 is 0.935 bits per heavy atom. The number of aromatic nitrogens is 1. The summed E-state index contributed by atoms with van der Waals surface area (Å²) < 4.78 is 7.66. The second-order valence-corrected chi connectivity index (χ2v) is 7.34. The minimum absolute atomic E-state index is 0.451. The number of carbonyl (C=O) groups excluding carboxylic acids is 2. The number of rotatable bonds is 5. The fourth-order valence-corrected chi connectivity index (χ4v) is 3.97. The fraction of sp³-hybridized carbons (Fsp3) is 0.0400. The summed E-state index contributed by atoms with van der Waals surface area (Å²) in [6.07, 6.45) is 1.63. The van der Waals surface area contributed by atoms with Crippen LogP contribution in [-0.4, -0.2) is 16.4 Å². The first-order valence-corrected chi connectivity index (χ1v) is 9.72. The predicted molar refractivity (Wildman–Crippen MR) is 119 cm³/mol. The maximum atomic E-state index is 12.1. The molecule has 5 rings (SSSR count). The second kappa shape index (κ2) is 7.18. The molecular weight excluding hydrogens is 390 g/mol. The van der Waals surface area contributed by atoms with Crippen LogP contribution in [0.2, 0.25) is 0 Å². The number of fused-ring (bicyclic) bond motifs is 3. The monoisotopic (exact) mass is 408 g/mol. The largest absolute Gasteiger partial charge is 0.464 e. The molecule has 0 unspecified atom stereocenters. The highest BCUT2D eigenvalue weighted by molar-refractivity contribution is 6.18. The summed E-state index contributed by atoms with van der Waals surface area (Å²) in [5.41, 5.74) is 15.6. The minimum Gasteiger partial charge on any atom is -0.464 e. The third-order valence-electron chi connectivity index (χ3n) is 5.44. The van der Waals surface area contributed by atoms with Gasteiger partial charge in [-0.2, -0.15) is 0 Å². The number of furan rings is 1. The van der Waals surface area contributed by atoms with Crippen LogP contribution in [0.3, 0.4) is 0 Å². The summed E-state index contributed by atoms with van der Waals surface area (Å²) in [6.45, 7) is 0.525. The van der Waals surface area contributed by atoms with E-state index in [1.165, 1.54) is 0 Å². The number of primary amides is 2. The molecule has 0 saturated carbocycles. The lowest BCUT2D eigenvalue weighted by Gasteiger charge is -2.09. The molecule has 4 N–H and O–H groups in total. The van der Waals surface area contributed by atoms with Crippen molar-refractivity contribution in [3.8, 4) is 11.3 Å². The molecule has 0 aliphatic rings. The Morgan fingerprint density at radius 2 is 1.74 bits per heavy atom. The van der Waals surface area contributed by atoms with Crippen molar-refractivity contribution in [2.75, 3.05) is 0 Å². The van der Waals surface area contributed by atoms with Crippen LogP contribution in [0.25, 0.3) is 33.1 Å². The quantitative estimate of drug-likeness (QED) is 0.457. The summed E-state index contributed by atoms with van der Waals surface area (Å²) in [5.74, 6) is -0.220. The minimum atomic E-state index is -0.487. The highest BCUT2D eigenvalue weighted by Crippen LogP contribution is 2.34. The van der Waals surface area contributed by atoms with Gasteiger partial charge >= 0.3 is 0 Å². The average molecular weight is 408 g/mol. The van der Waals surface area contributed by atoms with Gasteiger partial charge in [0, 0.05) is 34.0 Å². The molecule has 6 heteroatoms. The Bertz CT molecular complexity index is 1450. The molecule has 2 amide bonds. The van der Waals surface area contributed by atoms with E-state index in [2.05, 4.69) is 10.6 Å². The predicted octanol–water partition coefficient (Wildman–Crippen LogP) is 4.10. The van der Waals surface area contributed by atoms with Gasteiger partial charge < -0.3 is 20.5 Å². The van der Waals surface area contributed by atoms with Gasteiger partial charge in [-0.05, 0) is 60.2 Å². The van der Waals surface area contributed by atoms with Gasteiger partial charge in [-0.3, -0.25) is 9.59 Å². The number of amides is 2. The molecule has 0 spiro atoms. The van der Waals surface area contributed by atoms with E-state index in [1.807, 2.05) is 48.5 Å². The molecule has 5 aromatic rings. The van der Waals surface area contributed by atoms with Gasteiger partial charge in [0.25, 0.3) is 0 Å². The molecule has 151 valence electrons. The van der Waals surface area contributed by atoms with Crippen molar-refractivity contribution in [1.82, 2.24) is 4.57 Å². The molecule has 2 heterocycles. The van der Waals surface area contributed by atoms with Crippen molar-refractivity contribution in [1.29, 1.82) is 0 Å². The van der Waals surface area contributed by atoms with Crippen molar-refractivity contribution in [2.24, 2.45) is 11.5 Å². The topological polar surface area (TPSA) is 104 Å². The first-order valence-electron chi connectivity index (χ1n) is 9.72. The van der Waals surface area contributed by atoms with Gasteiger partial charge in [0.05, 0.1) is 17.3 Å². The normalized spacial score (nSPS) is 11.2. The van der Waals surface area contributed by atoms with Crippen molar-refractivity contribution in [3.05, 3.63) is 95.7 Å². The highest BCUT2D eigenvalue weighted by atomic mass is 16.3. The highest BCUT2D eigenvalue weighted by Gasteiger charge is 2.18. The van der Waals surface area contributed by atoms with Crippen LogP contribution < -0.4 is 11.5 Å². The Labute approximate surface area is 177 Å². The van der Waals surface area contributed by atoms with E-state index in [0.29, 0.717) is 17.7 Å². The first-order chi connectivity index (χ1) is 15.0. The number of nitrogens with two attached hydrogens (primary N) is 2. The van der Waals surface area contributed by atoms with Crippen LogP contribution in [0, 0.1) is 6.07 Å². The van der Waals surface area contributed by atoms with Gasteiger partial charge in [-0.25, -0.2) is 0 Å². The van der Waals surface area contributed by atoms with Gasteiger partial charge in [-0.15, -0.1) is 0 Å². The fourth-order valence-electron chi connectivity index (χ4n) is 3.97. The van der Waals surface area contributed by atoms with Crippen LogP contribution in [0.15, 0.2) is 77.4 Å². The SMILES string of the molecule is NC(=O)c1ccc(Cn2c3cc(-c4ccco4)c[c]c3c3c(C(N)=O)cccc32)cc1. The molecule has 3 aromatic carbocycles. The third kappa shape index (κ3) is 3.14. The van der Waals surface area contributed by atoms with Crippen molar-refractivity contribution in [2.45, 2.75) is 6.54 Å². The molecule has 0 fully saturated rings. The zero-order valence-electron chi connectivity index (χ0n) is 16.5. The lowest BCUT2D eigenvalue weighted by atomic mass is 10.0. The standard InChI is InChI=1S/C25H18N3O3/c26-24(29)16-8-6-15(7-9-16)14-28-20-4-1-3-19(25(27)30)23(20)18-11-10-17(13-21(18)28)22-5-2-12-31-22/h1-10,12-13H,14H2,(H2,26,29)(H2,27,30). The third-order valence-corrected chi connectivity index (χ3v) is 5.44. The summed E-state index contributed by atoms with van der Waals surface area (Å²) in [4.78, 5) is 23.5. The van der Waals surface area contributed by atoms with Crippen molar-refractivity contribution < 1.29 is 14.0 Å². The number of benzene rings is 3. The maximum absolute atomic E-state index is 12.1. The van der Waals surface area contributed by atoms with Gasteiger partial charge in [0.1, 0.15) is 5.76 Å².